The van der Waals surface area contributed by atoms with Crippen LogP contribution in [0.4, 0.5) is 0 Å². The zero-order chi connectivity index (χ0) is 21.8. The Morgan fingerprint density at radius 1 is 0.677 bits per heavy atom. The highest BCUT2D eigenvalue weighted by molar-refractivity contribution is 6.47. The average Bonchev–Trinajstić information content (AvgIpc) is 3.07. The Hall–Kier alpha value is -2.88. The van der Waals surface area contributed by atoms with Gasteiger partial charge in [-0.05, 0) is 77.9 Å². The molecular formula is C28H26BO2. The summed E-state index contributed by atoms with van der Waals surface area (Å²) in [5, 5.41) is 12.9. The first-order valence-corrected chi connectivity index (χ1v) is 10.7. The first kappa shape index (κ1) is 20.1. The zero-order valence-corrected chi connectivity index (χ0v) is 18.4. The molecule has 153 valence electrons. The van der Waals surface area contributed by atoms with Gasteiger partial charge in [0.15, 0.2) is 0 Å². The van der Waals surface area contributed by atoms with Crippen LogP contribution in [0.2, 0.25) is 0 Å². The maximum atomic E-state index is 10.3. The minimum atomic E-state index is -0.936. The predicted octanol–water partition coefficient (Wildman–Crippen LogP) is 5.96. The van der Waals surface area contributed by atoms with Crippen LogP contribution in [0.25, 0.3) is 44.2 Å². The molecule has 0 aliphatic heterocycles. The Balaban J connectivity index is 1.43. The van der Waals surface area contributed by atoms with E-state index in [1.54, 1.807) is 21.3 Å². The highest BCUT2D eigenvalue weighted by Crippen LogP contribution is 2.48. The van der Waals surface area contributed by atoms with Gasteiger partial charge in [-0.1, -0.05) is 78.3 Å². The molecule has 1 aliphatic rings. The number of rotatable bonds is 5. The Bertz CT molecular complexity index is 1280. The highest BCUT2D eigenvalue weighted by Gasteiger charge is 2.35. The van der Waals surface area contributed by atoms with Crippen LogP contribution in [-0.2, 0) is 4.65 Å². The summed E-state index contributed by atoms with van der Waals surface area (Å²) in [6, 6.07) is 28.2. The third-order valence-electron chi connectivity index (χ3n) is 6.71. The average molecular weight is 405 g/mol. The molecule has 1 aliphatic carbocycles. The van der Waals surface area contributed by atoms with Gasteiger partial charge in [0.25, 0.3) is 0 Å². The molecule has 0 amide bonds. The van der Waals surface area contributed by atoms with Crippen molar-refractivity contribution in [1.29, 1.82) is 0 Å². The van der Waals surface area contributed by atoms with E-state index < -0.39 is 11.2 Å². The molecule has 1 N–H and O–H groups in total. The molecule has 0 aromatic heterocycles. The topological polar surface area (TPSA) is 29.5 Å². The summed E-state index contributed by atoms with van der Waals surface area (Å²) in [6.07, 6.45) is 0. The number of benzene rings is 4. The molecule has 0 atom stereocenters. The van der Waals surface area contributed by atoms with Gasteiger partial charge in [0.05, 0.1) is 11.2 Å². The van der Waals surface area contributed by atoms with E-state index in [0.29, 0.717) is 0 Å². The third kappa shape index (κ3) is 3.38. The fourth-order valence-electron chi connectivity index (χ4n) is 4.09. The van der Waals surface area contributed by atoms with Crippen LogP contribution in [0.1, 0.15) is 27.7 Å². The summed E-state index contributed by atoms with van der Waals surface area (Å²) in [6.45, 7) is 7.30. The summed E-state index contributed by atoms with van der Waals surface area (Å²) in [5.41, 5.74) is 6.98. The molecule has 5 rings (SSSR count). The van der Waals surface area contributed by atoms with Crippen LogP contribution in [0.15, 0.2) is 78.9 Å². The van der Waals surface area contributed by atoms with Crippen molar-refractivity contribution < 1.29 is 9.76 Å². The van der Waals surface area contributed by atoms with Gasteiger partial charge in [-0.2, -0.15) is 0 Å². The van der Waals surface area contributed by atoms with E-state index in [1.165, 1.54) is 44.2 Å². The second-order valence-corrected chi connectivity index (χ2v) is 9.40. The Morgan fingerprint density at radius 3 is 1.94 bits per heavy atom. The molecule has 0 fully saturated rings. The van der Waals surface area contributed by atoms with Crippen molar-refractivity contribution in [3.05, 3.63) is 78.9 Å². The van der Waals surface area contributed by atoms with Gasteiger partial charge in [-0.15, -0.1) is 0 Å². The van der Waals surface area contributed by atoms with E-state index in [4.69, 9.17) is 4.65 Å². The maximum Gasteiger partial charge on any atom is 0.330 e. The third-order valence-corrected chi connectivity index (χ3v) is 6.71. The zero-order valence-electron chi connectivity index (χ0n) is 18.4. The predicted molar refractivity (Wildman–Crippen MR) is 131 cm³/mol. The van der Waals surface area contributed by atoms with E-state index in [9.17, 15) is 5.11 Å². The Labute approximate surface area is 184 Å². The van der Waals surface area contributed by atoms with Crippen molar-refractivity contribution in [2.24, 2.45) is 0 Å². The van der Waals surface area contributed by atoms with E-state index in [0.717, 1.165) is 5.46 Å². The molecule has 1 radical (unpaired) electrons. The fourth-order valence-corrected chi connectivity index (χ4v) is 4.09. The second-order valence-electron chi connectivity index (χ2n) is 9.40. The summed E-state index contributed by atoms with van der Waals surface area (Å²) in [7, 11) is 1.72. The molecule has 0 heterocycles. The van der Waals surface area contributed by atoms with Crippen LogP contribution in [0.3, 0.4) is 0 Å². The SMILES string of the molecule is CC(C)(O)C(C)(C)O[B]c1ccc(-c2ccc3c(c2)-c2cccc4cccc-3c24)cc1. The van der Waals surface area contributed by atoms with E-state index in [2.05, 4.69) is 78.9 Å². The molecule has 0 spiro atoms. The fraction of sp³-hybridized carbons (Fsp3) is 0.214. The van der Waals surface area contributed by atoms with Crippen molar-refractivity contribution in [2.45, 2.75) is 38.9 Å². The Kier molecular flexibility index (Phi) is 4.58. The lowest BCUT2D eigenvalue weighted by atomic mass is 9.82. The molecule has 0 saturated heterocycles. The molecule has 0 unspecified atom stereocenters. The van der Waals surface area contributed by atoms with Gasteiger partial charge in [-0.3, -0.25) is 0 Å². The quantitative estimate of drug-likeness (QED) is 0.366. The van der Waals surface area contributed by atoms with Crippen molar-refractivity contribution >= 4 is 23.7 Å². The van der Waals surface area contributed by atoms with Gasteiger partial charge in [0, 0.05) is 0 Å². The molecule has 31 heavy (non-hydrogen) atoms. The smallest absolute Gasteiger partial charge is 0.330 e. The van der Waals surface area contributed by atoms with Crippen LogP contribution >= 0.6 is 0 Å². The number of hydrogen-bond donors (Lipinski definition) is 1. The number of aliphatic hydroxyl groups is 1. The lowest BCUT2D eigenvalue weighted by Gasteiger charge is -2.37. The van der Waals surface area contributed by atoms with Gasteiger partial charge in [0.2, 0.25) is 0 Å². The van der Waals surface area contributed by atoms with Crippen molar-refractivity contribution in [2.75, 3.05) is 0 Å². The number of fused-ring (bicyclic) bond motifs is 3. The van der Waals surface area contributed by atoms with Gasteiger partial charge >= 0.3 is 7.48 Å². The van der Waals surface area contributed by atoms with Crippen LogP contribution in [0, 0.1) is 0 Å². The maximum absolute atomic E-state index is 10.3. The summed E-state index contributed by atoms with van der Waals surface area (Å²) in [4.78, 5) is 0. The van der Waals surface area contributed by atoms with Crippen molar-refractivity contribution in [3.8, 4) is 33.4 Å². The summed E-state index contributed by atoms with van der Waals surface area (Å²) in [5.74, 6) is 0. The molecule has 4 aromatic carbocycles. The van der Waals surface area contributed by atoms with Gasteiger partial charge in [-0.25, -0.2) is 0 Å². The number of hydrogen-bond acceptors (Lipinski definition) is 2. The molecular weight excluding hydrogens is 379 g/mol. The molecule has 4 aromatic rings. The van der Waals surface area contributed by atoms with Crippen molar-refractivity contribution in [3.63, 3.8) is 0 Å². The van der Waals surface area contributed by atoms with Crippen LogP contribution in [0.5, 0.6) is 0 Å². The molecule has 0 bridgehead atoms. The summed E-state index contributed by atoms with van der Waals surface area (Å²) < 4.78 is 5.88. The minimum absolute atomic E-state index is 0.679. The van der Waals surface area contributed by atoms with Gasteiger partial charge in [0.1, 0.15) is 0 Å². The summed E-state index contributed by atoms with van der Waals surface area (Å²) >= 11 is 0. The van der Waals surface area contributed by atoms with E-state index in [-0.39, 0.29) is 0 Å². The molecule has 0 saturated carbocycles. The lowest BCUT2D eigenvalue weighted by molar-refractivity contribution is -0.0893. The highest BCUT2D eigenvalue weighted by atomic mass is 16.5. The standard InChI is InChI=1S/C28H26BO2/c1-27(2,30)28(3,4)31-29-21-14-11-18(12-15-21)20-13-16-22-23-9-5-7-19-8-6-10-24(26(19)23)25(22)17-20/h5-17,30H,1-4H3. The lowest BCUT2D eigenvalue weighted by Crippen LogP contribution is -2.49. The second kappa shape index (κ2) is 7.08. The monoisotopic (exact) mass is 405 g/mol. The largest absolute Gasteiger partial charge is 0.427 e. The van der Waals surface area contributed by atoms with Crippen LogP contribution < -0.4 is 5.46 Å². The van der Waals surface area contributed by atoms with Gasteiger partial charge < -0.3 is 9.76 Å². The first-order valence-electron chi connectivity index (χ1n) is 10.7. The van der Waals surface area contributed by atoms with Crippen LogP contribution in [-0.4, -0.2) is 23.8 Å². The first-order chi connectivity index (χ1) is 14.7. The minimum Gasteiger partial charge on any atom is -0.427 e. The van der Waals surface area contributed by atoms with E-state index in [1.807, 2.05) is 13.8 Å². The molecule has 3 heteroatoms. The van der Waals surface area contributed by atoms with Crippen molar-refractivity contribution in [1.82, 2.24) is 0 Å². The normalized spacial score (nSPS) is 12.8. The van der Waals surface area contributed by atoms with E-state index >= 15 is 0 Å². The molecule has 2 nitrogen and oxygen atoms in total. The Morgan fingerprint density at radius 2 is 1.29 bits per heavy atom.